The topological polar surface area (TPSA) is 75.7 Å². The predicted molar refractivity (Wildman–Crippen MR) is 137 cm³/mol. The number of nitrogens with one attached hydrogen (secondary N) is 1. The fourth-order valence-electron chi connectivity index (χ4n) is 3.49. The Hall–Kier alpha value is -3.32. The average Bonchev–Trinajstić information content (AvgIpc) is 2.79. The number of nitrogens with zero attached hydrogens (tertiary/aromatic N) is 1. The average molecular weight is 530 g/mol. The van der Waals surface area contributed by atoms with Crippen LogP contribution < -0.4 is 15.0 Å². The molecule has 3 aromatic rings. The van der Waals surface area contributed by atoms with Gasteiger partial charge in [-0.1, -0.05) is 59.1 Å². The maximum atomic E-state index is 13.1. The zero-order valence-electron chi connectivity index (χ0n) is 18.7. The summed E-state index contributed by atoms with van der Waals surface area (Å²) in [6.07, 6.45) is 1.33. The van der Waals surface area contributed by atoms with Gasteiger partial charge in [-0.15, -0.1) is 0 Å². The number of carbonyl (C=O) groups excluding carboxylic acids is 3. The largest absolute Gasteiger partial charge is 0.486 e. The molecule has 1 heterocycles. The number of imide groups is 2. The monoisotopic (exact) mass is 528 g/mol. The van der Waals surface area contributed by atoms with Crippen molar-refractivity contribution < 1.29 is 19.1 Å². The lowest BCUT2D eigenvalue weighted by molar-refractivity contribution is -0.122. The van der Waals surface area contributed by atoms with Crippen molar-refractivity contribution in [2.45, 2.75) is 20.5 Å². The van der Waals surface area contributed by atoms with E-state index in [9.17, 15) is 14.4 Å². The Labute approximate surface area is 217 Å². The molecule has 0 unspecified atom stereocenters. The van der Waals surface area contributed by atoms with E-state index in [2.05, 4.69) is 5.32 Å². The van der Waals surface area contributed by atoms with Crippen LogP contribution in [0.25, 0.3) is 6.08 Å². The Morgan fingerprint density at radius 2 is 1.57 bits per heavy atom. The number of rotatable bonds is 5. The Morgan fingerprint density at radius 3 is 2.23 bits per heavy atom. The van der Waals surface area contributed by atoms with E-state index in [4.69, 9.17) is 39.5 Å². The SMILES string of the molecule is Cc1ccc(N2C(=O)NC(=O)/C(=C\c3cc(Cl)c(OCc4ccccc4Cl)c(Cl)c3)C2=O)cc1C. The van der Waals surface area contributed by atoms with Crippen molar-refractivity contribution in [1.82, 2.24) is 5.32 Å². The molecule has 0 aromatic heterocycles. The molecule has 0 radical (unpaired) electrons. The normalized spacial score (nSPS) is 14.9. The Bertz CT molecular complexity index is 1380. The fourth-order valence-corrected chi connectivity index (χ4v) is 4.29. The lowest BCUT2D eigenvalue weighted by atomic mass is 10.0. The summed E-state index contributed by atoms with van der Waals surface area (Å²) in [7, 11) is 0. The van der Waals surface area contributed by atoms with Crippen molar-refractivity contribution in [2.75, 3.05) is 4.90 Å². The number of barbiturate groups is 1. The van der Waals surface area contributed by atoms with E-state index in [1.54, 1.807) is 24.3 Å². The van der Waals surface area contributed by atoms with Gasteiger partial charge < -0.3 is 4.74 Å². The summed E-state index contributed by atoms with van der Waals surface area (Å²) in [6, 6.07) is 14.6. The molecule has 0 saturated carbocycles. The molecule has 35 heavy (non-hydrogen) atoms. The van der Waals surface area contributed by atoms with Crippen molar-refractivity contribution in [1.29, 1.82) is 0 Å². The van der Waals surface area contributed by atoms with Crippen LogP contribution in [-0.2, 0) is 16.2 Å². The minimum absolute atomic E-state index is 0.146. The van der Waals surface area contributed by atoms with Gasteiger partial charge in [-0.05, 0) is 66.9 Å². The molecule has 6 nitrogen and oxygen atoms in total. The van der Waals surface area contributed by atoms with E-state index >= 15 is 0 Å². The van der Waals surface area contributed by atoms with Gasteiger partial charge in [-0.3, -0.25) is 14.9 Å². The van der Waals surface area contributed by atoms with Crippen LogP contribution in [0.2, 0.25) is 15.1 Å². The first-order valence-electron chi connectivity index (χ1n) is 10.5. The van der Waals surface area contributed by atoms with Crippen LogP contribution in [0, 0.1) is 13.8 Å². The van der Waals surface area contributed by atoms with Gasteiger partial charge in [0, 0.05) is 10.6 Å². The second-order valence-electron chi connectivity index (χ2n) is 7.92. The quantitative estimate of drug-likeness (QED) is 0.302. The van der Waals surface area contributed by atoms with Crippen LogP contribution in [0.4, 0.5) is 10.5 Å². The molecular weight excluding hydrogens is 511 g/mol. The van der Waals surface area contributed by atoms with E-state index in [1.165, 1.54) is 18.2 Å². The molecule has 4 amide bonds. The first-order valence-corrected chi connectivity index (χ1v) is 11.6. The van der Waals surface area contributed by atoms with Gasteiger partial charge in [-0.2, -0.15) is 0 Å². The molecule has 0 spiro atoms. The summed E-state index contributed by atoms with van der Waals surface area (Å²) in [5.74, 6) is -1.33. The summed E-state index contributed by atoms with van der Waals surface area (Å²) in [5.41, 5.74) is 3.17. The van der Waals surface area contributed by atoms with E-state index in [1.807, 2.05) is 32.0 Å². The second kappa shape index (κ2) is 10.1. The number of anilines is 1. The molecule has 1 fully saturated rings. The van der Waals surface area contributed by atoms with Gasteiger partial charge in [0.15, 0.2) is 5.75 Å². The van der Waals surface area contributed by atoms with Crippen LogP contribution in [-0.4, -0.2) is 17.8 Å². The van der Waals surface area contributed by atoms with Crippen molar-refractivity contribution >= 4 is 64.4 Å². The summed E-state index contributed by atoms with van der Waals surface area (Å²) >= 11 is 18.9. The molecule has 1 saturated heterocycles. The van der Waals surface area contributed by atoms with Gasteiger partial charge in [0.1, 0.15) is 12.2 Å². The molecule has 0 aliphatic carbocycles. The van der Waals surface area contributed by atoms with Crippen molar-refractivity contribution in [3.05, 3.63) is 97.5 Å². The van der Waals surface area contributed by atoms with Crippen LogP contribution in [0.15, 0.2) is 60.2 Å². The molecular formula is C26H19Cl3N2O4. The first kappa shape index (κ1) is 24.8. The van der Waals surface area contributed by atoms with Crippen LogP contribution in [0.1, 0.15) is 22.3 Å². The number of urea groups is 1. The molecule has 1 N–H and O–H groups in total. The molecule has 1 aliphatic rings. The first-order chi connectivity index (χ1) is 16.7. The predicted octanol–water partition coefficient (Wildman–Crippen LogP) is 6.51. The van der Waals surface area contributed by atoms with Crippen molar-refractivity contribution in [2.24, 2.45) is 0 Å². The van der Waals surface area contributed by atoms with Crippen LogP contribution >= 0.6 is 34.8 Å². The number of hydrogen-bond donors (Lipinski definition) is 1. The van der Waals surface area contributed by atoms with Gasteiger partial charge in [0.2, 0.25) is 0 Å². The van der Waals surface area contributed by atoms with Gasteiger partial charge >= 0.3 is 6.03 Å². The Morgan fingerprint density at radius 1 is 0.886 bits per heavy atom. The zero-order chi connectivity index (χ0) is 25.3. The number of aryl methyl sites for hydroxylation is 2. The highest BCUT2D eigenvalue weighted by Crippen LogP contribution is 2.36. The zero-order valence-corrected chi connectivity index (χ0v) is 21.0. The number of amides is 4. The molecule has 3 aromatic carbocycles. The highest BCUT2D eigenvalue weighted by atomic mass is 35.5. The maximum absolute atomic E-state index is 13.1. The van der Waals surface area contributed by atoms with Gasteiger partial charge in [0.05, 0.1) is 15.7 Å². The van der Waals surface area contributed by atoms with E-state index in [0.717, 1.165) is 21.6 Å². The third kappa shape index (κ3) is 5.20. The standard InChI is InChI=1S/C26H19Cl3N2O4/c1-14-7-8-18(9-15(14)2)31-25(33)19(24(32)30-26(31)34)10-16-11-21(28)23(22(29)12-16)35-13-17-5-3-4-6-20(17)27/h3-12H,13H2,1-2H3,(H,30,32,34)/b19-10+. The highest BCUT2D eigenvalue weighted by Gasteiger charge is 2.37. The minimum atomic E-state index is -0.820. The van der Waals surface area contributed by atoms with E-state index in [0.29, 0.717) is 16.3 Å². The summed E-state index contributed by atoms with van der Waals surface area (Å²) < 4.78 is 5.76. The van der Waals surface area contributed by atoms with Crippen LogP contribution in [0.3, 0.4) is 0 Å². The second-order valence-corrected chi connectivity index (χ2v) is 9.14. The van der Waals surface area contributed by atoms with E-state index in [-0.39, 0.29) is 28.0 Å². The van der Waals surface area contributed by atoms with E-state index < -0.39 is 17.8 Å². The Balaban J connectivity index is 1.62. The van der Waals surface area contributed by atoms with Crippen molar-refractivity contribution in [3.8, 4) is 5.75 Å². The maximum Gasteiger partial charge on any atom is 0.335 e. The number of benzene rings is 3. The molecule has 1 aliphatic heterocycles. The molecule has 178 valence electrons. The number of carbonyl (C=O) groups is 3. The highest BCUT2D eigenvalue weighted by molar-refractivity contribution is 6.40. The van der Waals surface area contributed by atoms with Gasteiger partial charge in [-0.25, -0.2) is 9.69 Å². The van der Waals surface area contributed by atoms with Gasteiger partial charge in [0.25, 0.3) is 11.8 Å². The lowest BCUT2D eigenvalue weighted by Gasteiger charge is -2.27. The molecule has 0 bridgehead atoms. The Kier molecular flexibility index (Phi) is 7.17. The van der Waals surface area contributed by atoms with Crippen molar-refractivity contribution in [3.63, 3.8) is 0 Å². The molecule has 0 atom stereocenters. The third-order valence-corrected chi connectivity index (χ3v) is 6.44. The summed E-state index contributed by atoms with van der Waals surface area (Å²) in [5, 5.41) is 3.11. The minimum Gasteiger partial charge on any atom is -0.486 e. The molecule has 4 rings (SSSR count). The molecule has 9 heteroatoms. The summed E-state index contributed by atoms with van der Waals surface area (Å²) in [4.78, 5) is 39.0. The summed E-state index contributed by atoms with van der Waals surface area (Å²) in [6.45, 7) is 3.93. The smallest absolute Gasteiger partial charge is 0.335 e. The number of halogens is 3. The van der Waals surface area contributed by atoms with Crippen LogP contribution in [0.5, 0.6) is 5.75 Å². The third-order valence-electron chi connectivity index (χ3n) is 5.51. The number of ether oxygens (including phenoxy) is 1. The number of hydrogen-bond acceptors (Lipinski definition) is 4. The lowest BCUT2D eigenvalue weighted by Crippen LogP contribution is -2.54. The fraction of sp³-hybridized carbons (Fsp3) is 0.115.